The lowest BCUT2D eigenvalue weighted by molar-refractivity contribution is -0.121. The molecule has 0 saturated heterocycles. The summed E-state index contributed by atoms with van der Waals surface area (Å²) in [6, 6.07) is 16.7. The predicted octanol–water partition coefficient (Wildman–Crippen LogP) is 4.33. The van der Waals surface area contributed by atoms with Crippen LogP contribution in [0.15, 0.2) is 48.5 Å². The van der Waals surface area contributed by atoms with Gasteiger partial charge in [0.05, 0.1) is 6.54 Å². The van der Waals surface area contributed by atoms with E-state index in [1.165, 1.54) is 16.7 Å². The van der Waals surface area contributed by atoms with Crippen molar-refractivity contribution in [2.24, 2.45) is 0 Å². The van der Waals surface area contributed by atoms with Crippen LogP contribution in [0.25, 0.3) is 0 Å². The van der Waals surface area contributed by atoms with E-state index in [9.17, 15) is 4.79 Å². The van der Waals surface area contributed by atoms with Crippen LogP contribution in [0.4, 0.5) is 0 Å². The second-order valence-electron chi connectivity index (χ2n) is 6.26. The first-order chi connectivity index (χ1) is 12.2. The number of hydrogen-bond donors (Lipinski definition) is 1. The third-order valence-corrected chi connectivity index (χ3v) is 4.23. The first-order valence-electron chi connectivity index (χ1n) is 9.27. The van der Waals surface area contributed by atoms with Crippen LogP contribution in [0.1, 0.15) is 43.4 Å². The molecule has 0 heterocycles. The van der Waals surface area contributed by atoms with E-state index >= 15 is 0 Å². The maximum Gasteiger partial charge on any atom is 0.220 e. The van der Waals surface area contributed by atoms with Crippen LogP contribution in [0.2, 0.25) is 0 Å². The fourth-order valence-corrected chi connectivity index (χ4v) is 2.69. The smallest absolute Gasteiger partial charge is 0.220 e. The monoisotopic (exact) mass is 339 g/mol. The lowest BCUT2D eigenvalue weighted by Gasteiger charge is -2.09. The Labute approximate surface area is 151 Å². The molecule has 2 rings (SSSR count). The van der Waals surface area contributed by atoms with Crippen molar-refractivity contribution in [1.29, 1.82) is 0 Å². The van der Waals surface area contributed by atoms with Crippen LogP contribution in [-0.4, -0.2) is 19.1 Å². The highest BCUT2D eigenvalue weighted by atomic mass is 16.5. The van der Waals surface area contributed by atoms with E-state index in [1.807, 2.05) is 12.1 Å². The highest BCUT2D eigenvalue weighted by molar-refractivity contribution is 5.76. The Kier molecular flexibility index (Phi) is 8.03. The van der Waals surface area contributed by atoms with Gasteiger partial charge in [0.2, 0.25) is 5.91 Å². The number of nitrogens with one attached hydrogen (secondary N) is 1. The molecule has 0 spiro atoms. The van der Waals surface area contributed by atoms with E-state index in [2.05, 4.69) is 55.6 Å². The molecule has 0 atom stereocenters. The van der Waals surface area contributed by atoms with Gasteiger partial charge in [-0.25, -0.2) is 0 Å². The van der Waals surface area contributed by atoms with Gasteiger partial charge in [-0.2, -0.15) is 0 Å². The molecule has 134 valence electrons. The SMILES string of the molecule is CCCc1ccc(OCCNC(=O)CCc2ccc(CC)cc2)cc1. The molecule has 0 unspecified atom stereocenters. The molecular weight excluding hydrogens is 310 g/mol. The molecule has 2 aromatic carbocycles. The van der Waals surface area contributed by atoms with Gasteiger partial charge < -0.3 is 10.1 Å². The molecule has 2 aromatic rings. The summed E-state index contributed by atoms with van der Waals surface area (Å²) in [6.07, 6.45) is 4.57. The van der Waals surface area contributed by atoms with E-state index in [4.69, 9.17) is 4.74 Å². The Bertz CT molecular complexity index is 632. The molecule has 1 N–H and O–H groups in total. The Morgan fingerprint density at radius 3 is 2.12 bits per heavy atom. The van der Waals surface area contributed by atoms with Crippen LogP contribution in [-0.2, 0) is 24.1 Å². The molecular formula is C22H29NO2. The lowest BCUT2D eigenvalue weighted by Crippen LogP contribution is -2.28. The third-order valence-electron chi connectivity index (χ3n) is 4.23. The Morgan fingerprint density at radius 1 is 0.880 bits per heavy atom. The number of ether oxygens (including phenoxy) is 1. The average molecular weight is 339 g/mol. The predicted molar refractivity (Wildman–Crippen MR) is 103 cm³/mol. The van der Waals surface area contributed by atoms with Gasteiger partial charge in [-0.15, -0.1) is 0 Å². The van der Waals surface area contributed by atoms with Crippen LogP contribution in [0.3, 0.4) is 0 Å². The maximum absolute atomic E-state index is 11.9. The molecule has 3 nitrogen and oxygen atoms in total. The number of rotatable bonds is 10. The van der Waals surface area contributed by atoms with E-state index in [1.54, 1.807) is 0 Å². The summed E-state index contributed by atoms with van der Waals surface area (Å²) in [5.74, 6) is 0.923. The molecule has 0 fully saturated rings. The van der Waals surface area contributed by atoms with E-state index in [0.717, 1.165) is 31.4 Å². The van der Waals surface area contributed by atoms with Gasteiger partial charge in [-0.05, 0) is 48.1 Å². The largest absolute Gasteiger partial charge is 0.492 e. The number of benzene rings is 2. The summed E-state index contributed by atoms with van der Waals surface area (Å²) in [5.41, 5.74) is 3.86. The molecule has 0 saturated carbocycles. The van der Waals surface area contributed by atoms with Crippen molar-refractivity contribution >= 4 is 5.91 Å². The zero-order valence-corrected chi connectivity index (χ0v) is 15.4. The fraction of sp³-hybridized carbons (Fsp3) is 0.409. The zero-order valence-electron chi connectivity index (χ0n) is 15.4. The summed E-state index contributed by atoms with van der Waals surface area (Å²) in [6.45, 7) is 5.34. The minimum Gasteiger partial charge on any atom is -0.492 e. The first-order valence-corrected chi connectivity index (χ1v) is 9.27. The molecule has 0 aliphatic rings. The van der Waals surface area contributed by atoms with Crippen molar-refractivity contribution in [2.75, 3.05) is 13.2 Å². The molecule has 0 aliphatic heterocycles. The Balaban J connectivity index is 1.61. The summed E-state index contributed by atoms with van der Waals surface area (Å²) < 4.78 is 5.66. The normalized spacial score (nSPS) is 10.5. The van der Waals surface area contributed by atoms with Gasteiger partial charge in [0.1, 0.15) is 12.4 Å². The quantitative estimate of drug-likeness (QED) is 0.654. The standard InChI is InChI=1S/C22H29NO2/c1-3-5-19-10-13-21(14-11-19)25-17-16-23-22(24)15-12-20-8-6-18(4-2)7-9-20/h6-11,13-14H,3-5,12,15-17H2,1-2H3,(H,23,24). The van der Waals surface area contributed by atoms with E-state index in [0.29, 0.717) is 19.6 Å². The maximum atomic E-state index is 11.9. The van der Waals surface area contributed by atoms with Crippen molar-refractivity contribution < 1.29 is 9.53 Å². The van der Waals surface area contributed by atoms with Crippen molar-refractivity contribution in [3.63, 3.8) is 0 Å². The van der Waals surface area contributed by atoms with Gasteiger partial charge in [0, 0.05) is 6.42 Å². The van der Waals surface area contributed by atoms with Crippen LogP contribution in [0.5, 0.6) is 5.75 Å². The van der Waals surface area contributed by atoms with Gasteiger partial charge in [-0.1, -0.05) is 56.7 Å². The zero-order chi connectivity index (χ0) is 17.9. The lowest BCUT2D eigenvalue weighted by atomic mass is 10.1. The van der Waals surface area contributed by atoms with Crippen molar-refractivity contribution in [3.8, 4) is 5.75 Å². The summed E-state index contributed by atoms with van der Waals surface area (Å²) in [4.78, 5) is 11.9. The molecule has 0 aromatic heterocycles. The van der Waals surface area contributed by atoms with Crippen molar-refractivity contribution in [2.45, 2.75) is 46.0 Å². The highest BCUT2D eigenvalue weighted by Crippen LogP contribution is 2.13. The van der Waals surface area contributed by atoms with E-state index in [-0.39, 0.29) is 5.91 Å². The minimum atomic E-state index is 0.0708. The molecule has 0 aliphatic carbocycles. The minimum absolute atomic E-state index is 0.0708. The first kappa shape index (κ1) is 19.0. The number of amides is 1. The fourth-order valence-electron chi connectivity index (χ4n) is 2.69. The molecule has 3 heteroatoms. The molecule has 0 bridgehead atoms. The van der Waals surface area contributed by atoms with Crippen LogP contribution < -0.4 is 10.1 Å². The number of carbonyl (C=O) groups excluding carboxylic acids is 1. The average Bonchev–Trinajstić information content (AvgIpc) is 2.65. The van der Waals surface area contributed by atoms with Gasteiger partial charge in [-0.3, -0.25) is 4.79 Å². The Hall–Kier alpha value is -2.29. The highest BCUT2D eigenvalue weighted by Gasteiger charge is 2.02. The summed E-state index contributed by atoms with van der Waals surface area (Å²) in [5, 5.41) is 2.91. The van der Waals surface area contributed by atoms with Gasteiger partial charge in [0.25, 0.3) is 0 Å². The Morgan fingerprint density at radius 2 is 1.48 bits per heavy atom. The third kappa shape index (κ3) is 7.00. The number of hydrogen-bond acceptors (Lipinski definition) is 2. The van der Waals surface area contributed by atoms with Gasteiger partial charge >= 0.3 is 0 Å². The van der Waals surface area contributed by atoms with Crippen LogP contribution >= 0.6 is 0 Å². The van der Waals surface area contributed by atoms with Gasteiger partial charge in [0.15, 0.2) is 0 Å². The van der Waals surface area contributed by atoms with Crippen molar-refractivity contribution in [3.05, 3.63) is 65.2 Å². The summed E-state index contributed by atoms with van der Waals surface area (Å²) >= 11 is 0. The number of aryl methyl sites for hydroxylation is 3. The second-order valence-corrected chi connectivity index (χ2v) is 6.26. The van der Waals surface area contributed by atoms with Crippen LogP contribution in [0, 0.1) is 0 Å². The number of carbonyl (C=O) groups is 1. The molecule has 0 radical (unpaired) electrons. The molecule has 1 amide bonds. The summed E-state index contributed by atoms with van der Waals surface area (Å²) in [7, 11) is 0. The topological polar surface area (TPSA) is 38.3 Å². The second kappa shape index (κ2) is 10.5. The van der Waals surface area contributed by atoms with Crippen molar-refractivity contribution in [1.82, 2.24) is 5.32 Å². The molecule has 25 heavy (non-hydrogen) atoms. The van der Waals surface area contributed by atoms with E-state index < -0.39 is 0 Å².